The van der Waals surface area contributed by atoms with Crippen LogP contribution >= 0.6 is 11.3 Å². The monoisotopic (exact) mass is 299 g/mol. The summed E-state index contributed by atoms with van der Waals surface area (Å²) >= 11 is 1.32. The Morgan fingerprint density at radius 2 is 1.95 bits per heavy atom. The molecule has 2 amide bonds. The highest BCUT2D eigenvalue weighted by atomic mass is 32.1. The summed E-state index contributed by atoms with van der Waals surface area (Å²) in [4.78, 5) is 27.3. The standard InChI is InChI=1S/C13H21N3O3S/c1-6-13(5,9(17)18)16-10(19)15-11-14-8(7-20-11)12(2,3)4/h7H,6H2,1-5H3,(H,17,18)(H2,14,15,16,19). The Morgan fingerprint density at radius 1 is 1.35 bits per heavy atom. The van der Waals surface area contributed by atoms with Crippen molar-refractivity contribution in [1.29, 1.82) is 0 Å². The summed E-state index contributed by atoms with van der Waals surface area (Å²) in [5.74, 6) is -1.07. The number of thiazole rings is 1. The topological polar surface area (TPSA) is 91.3 Å². The quantitative estimate of drug-likeness (QED) is 0.797. The van der Waals surface area contributed by atoms with Crippen LogP contribution in [0, 0.1) is 0 Å². The van der Waals surface area contributed by atoms with Crippen LogP contribution in [0.4, 0.5) is 9.93 Å². The van der Waals surface area contributed by atoms with E-state index in [0.717, 1.165) is 5.69 Å². The molecule has 0 aliphatic rings. The van der Waals surface area contributed by atoms with Crippen LogP contribution in [0.2, 0.25) is 0 Å². The number of anilines is 1. The summed E-state index contributed by atoms with van der Waals surface area (Å²) in [6.45, 7) is 9.27. The van der Waals surface area contributed by atoms with E-state index < -0.39 is 17.5 Å². The lowest BCUT2D eigenvalue weighted by molar-refractivity contribution is -0.143. The summed E-state index contributed by atoms with van der Waals surface area (Å²) < 4.78 is 0. The number of carbonyl (C=O) groups is 2. The Kier molecular flexibility index (Phi) is 4.75. The number of nitrogens with zero attached hydrogens (tertiary/aromatic N) is 1. The molecular formula is C13H21N3O3S. The molecule has 1 aromatic rings. The van der Waals surface area contributed by atoms with Crippen molar-refractivity contribution in [3.63, 3.8) is 0 Å². The minimum absolute atomic E-state index is 0.0914. The highest BCUT2D eigenvalue weighted by molar-refractivity contribution is 7.13. The first-order chi connectivity index (χ1) is 9.08. The molecule has 0 radical (unpaired) electrons. The van der Waals surface area contributed by atoms with Crippen LogP contribution in [0.25, 0.3) is 0 Å². The Balaban J connectivity index is 2.72. The molecule has 0 spiro atoms. The van der Waals surface area contributed by atoms with Crippen molar-refractivity contribution in [2.24, 2.45) is 0 Å². The summed E-state index contributed by atoms with van der Waals surface area (Å²) in [6, 6.07) is -0.563. The van der Waals surface area contributed by atoms with Crippen LogP contribution in [0.1, 0.15) is 46.7 Å². The minimum atomic E-state index is -1.28. The van der Waals surface area contributed by atoms with Gasteiger partial charge in [0.15, 0.2) is 5.13 Å². The van der Waals surface area contributed by atoms with E-state index in [2.05, 4.69) is 15.6 Å². The fourth-order valence-corrected chi connectivity index (χ4v) is 2.28. The molecule has 7 heteroatoms. The number of carbonyl (C=O) groups excluding carboxylic acids is 1. The summed E-state index contributed by atoms with van der Waals surface area (Å²) in [6.07, 6.45) is 0.293. The minimum Gasteiger partial charge on any atom is -0.480 e. The third kappa shape index (κ3) is 3.93. The van der Waals surface area contributed by atoms with Gasteiger partial charge in [0.2, 0.25) is 0 Å². The highest BCUT2D eigenvalue weighted by Gasteiger charge is 2.33. The van der Waals surface area contributed by atoms with Gasteiger partial charge in [-0.1, -0.05) is 27.7 Å². The van der Waals surface area contributed by atoms with Gasteiger partial charge in [-0.2, -0.15) is 0 Å². The van der Waals surface area contributed by atoms with Gasteiger partial charge in [0.1, 0.15) is 5.54 Å². The molecule has 0 fully saturated rings. The third-order valence-electron chi connectivity index (χ3n) is 3.06. The lowest BCUT2D eigenvalue weighted by Crippen LogP contribution is -2.53. The van der Waals surface area contributed by atoms with Gasteiger partial charge < -0.3 is 10.4 Å². The van der Waals surface area contributed by atoms with Gasteiger partial charge in [0.25, 0.3) is 0 Å². The maximum atomic E-state index is 11.8. The summed E-state index contributed by atoms with van der Waals surface area (Å²) in [5.41, 5.74) is -0.491. The van der Waals surface area contributed by atoms with Crippen LogP contribution in [-0.4, -0.2) is 27.6 Å². The van der Waals surface area contributed by atoms with Gasteiger partial charge in [-0.25, -0.2) is 14.6 Å². The number of carboxylic acids is 1. The van der Waals surface area contributed by atoms with Gasteiger partial charge in [-0.15, -0.1) is 11.3 Å². The smallest absolute Gasteiger partial charge is 0.329 e. The van der Waals surface area contributed by atoms with Gasteiger partial charge in [-0.05, 0) is 13.3 Å². The van der Waals surface area contributed by atoms with E-state index in [4.69, 9.17) is 5.11 Å². The number of amides is 2. The van der Waals surface area contributed by atoms with E-state index in [9.17, 15) is 9.59 Å². The summed E-state index contributed by atoms with van der Waals surface area (Å²) in [7, 11) is 0. The number of urea groups is 1. The van der Waals surface area contributed by atoms with E-state index in [1.807, 2.05) is 26.2 Å². The zero-order chi connectivity index (χ0) is 15.6. The Hall–Kier alpha value is -1.63. The molecule has 1 aromatic heterocycles. The zero-order valence-electron chi connectivity index (χ0n) is 12.4. The molecule has 20 heavy (non-hydrogen) atoms. The second-order valence-electron chi connectivity index (χ2n) is 5.86. The molecule has 0 bridgehead atoms. The maximum Gasteiger partial charge on any atom is 0.329 e. The first-order valence-electron chi connectivity index (χ1n) is 6.37. The van der Waals surface area contributed by atoms with Crippen molar-refractivity contribution in [2.45, 2.75) is 52.0 Å². The molecule has 1 rings (SSSR count). The fraction of sp³-hybridized carbons (Fsp3) is 0.615. The lowest BCUT2D eigenvalue weighted by atomic mass is 9.93. The Morgan fingerprint density at radius 3 is 2.35 bits per heavy atom. The fourth-order valence-electron chi connectivity index (χ4n) is 1.35. The van der Waals surface area contributed by atoms with Gasteiger partial charge in [0.05, 0.1) is 5.69 Å². The number of aliphatic carboxylic acids is 1. The van der Waals surface area contributed by atoms with Gasteiger partial charge in [-0.3, -0.25) is 5.32 Å². The van der Waals surface area contributed by atoms with Crippen molar-refractivity contribution in [1.82, 2.24) is 10.3 Å². The first kappa shape index (κ1) is 16.4. The Bertz CT molecular complexity index is 507. The molecule has 0 aliphatic carbocycles. The molecule has 3 N–H and O–H groups in total. The second kappa shape index (κ2) is 5.78. The molecule has 1 unspecified atom stereocenters. The number of hydrogen-bond acceptors (Lipinski definition) is 4. The van der Waals surface area contributed by atoms with Gasteiger partial charge >= 0.3 is 12.0 Å². The normalized spacial score (nSPS) is 14.4. The van der Waals surface area contributed by atoms with Crippen molar-refractivity contribution in [3.8, 4) is 0 Å². The van der Waals surface area contributed by atoms with Gasteiger partial charge in [0, 0.05) is 10.8 Å². The van der Waals surface area contributed by atoms with E-state index in [-0.39, 0.29) is 5.41 Å². The third-order valence-corrected chi connectivity index (χ3v) is 3.82. The number of hydrogen-bond donors (Lipinski definition) is 3. The van der Waals surface area contributed by atoms with Crippen LogP contribution in [-0.2, 0) is 10.2 Å². The lowest BCUT2D eigenvalue weighted by Gasteiger charge is -2.24. The SMILES string of the molecule is CCC(C)(NC(=O)Nc1nc(C(C)(C)C)cs1)C(=O)O. The number of nitrogens with one attached hydrogen (secondary N) is 2. The highest BCUT2D eigenvalue weighted by Crippen LogP contribution is 2.26. The van der Waals surface area contributed by atoms with E-state index in [1.165, 1.54) is 18.3 Å². The molecule has 112 valence electrons. The van der Waals surface area contributed by atoms with Crippen LogP contribution in [0.3, 0.4) is 0 Å². The predicted octanol–water partition coefficient (Wildman–Crippen LogP) is 2.82. The van der Waals surface area contributed by atoms with Crippen molar-refractivity contribution in [3.05, 3.63) is 11.1 Å². The molecule has 0 aromatic carbocycles. The molecule has 1 atom stereocenters. The van der Waals surface area contributed by atoms with Crippen LogP contribution in [0.5, 0.6) is 0 Å². The number of rotatable bonds is 4. The summed E-state index contributed by atoms with van der Waals surface area (Å²) in [5, 5.41) is 16.5. The average Bonchev–Trinajstić information content (AvgIpc) is 2.76. The van der Waals surface area contributed by atoms with Crippen molar-refractivity contribution in [2.75, 3.05) is 5.32 Å². The molecule has 0 saturated carbocycles. The zero-order valence-corrected chi connectivity index (χ0v) is 13.2. The van der Waals surface area contributed by atoms with Crippen molar-refractivity contribution < 1.29 is 14.7 Å². The van der Waals surface area contributed by atoms with Crippen LogP contribution in [0.15, 0.2) is 5.38 Å². The molecule has 0 saturated heterocycles. The first-order valence-corrected chi connectivity index (χ1v) is 7.25. The van der Waals surface area contributed by atoms with Crippen molar-refractivity contribution >= 4 is 28.5 Å². The molecular weight excluding hydrogens is 278 g/mol. The van der Waals surface area contributed by atoms with E-state index in [0.29, 0.717) is 11.6 Å². The molecule has 1 heterocycles. The Labute approximate surface area is 122 Å². The van der Waals surface area contributed by atoms with Crippen LogP contribution < -0.4 is 10.6 Å². The molecule has 6 nitrogen and oxygen atoms in total. The predicted molar refractivity (Wildman–Crippen MR) is 79.3 cm³/mol. The molecule has 0 aliphatic heterocycles. The maximum absolute atomic E-state index is 11.8. The number of aromatic nitrogens is 1. The van der Waals surface area contributed by atoms with E-state index in [1.54, 1.807) is 6.92 Å². The second-order valence-corrected chi connectivity index (χ2v) is 6.72. The largest absolute Gasteiger partial charge is 0.480 e. The number of carboxylic acid groups (broad SMARTS) is 1. The average molecular weight is 299 g/mol. The van der Waals surface area contributed by atoms with E-state index >= 15 is 0 Å².